The fourth-order valence-corrected chi connectivity index (χ4v) is 4.33. The fourth-order valence-electron chi connectivity index (χ4n) is 3.59. The van der Waals surface area contributed by atoms with Crippen LogP contribution in [0.1, 0.15) is 35.7 Å². The molecule has 118 valence electrons. The molecule has 6 heteroatoms. The lowest BCUT2D eigenvalue weighted by Crippen LogP contribution is -2.57. The lowest BCUT2D eigenvalue weighted by Gasteiger charge is -2.45. The zero-order valence-electron chi connectivity index (χ0n) is 13.3. The van der Waals surface area contributed by atoms with Gasteiger partial charge in [0.05, 0.1) is 18.8 Å². The average Bonchev–Trinajstić information content (AvgIpc) is 3.03. The first kappa shape index (κ1) is 15.3. The van der Waals surface area contributed by atoms with Gasteiger partial charge in [0, 0.05) is 19.1 Å². The molecule has 1 spiro atoms. The maximum absolute atomic E-state index is 6.31. The van der Waals surface area contributed by atoms with E-state index in [1.165, 1.54) is 25.7 Å². The molecule has 1 aromatic heterocycles. The van der Waals surface area contributed by atoms with Crippen LogP contribution in [0.25, 0.3) is 0 Å². The van der Waals surface area contributed by atoms with Crippen molar-refractivity contribution in [1.29, 1.82) is 0 Å². The molecule has 2 aliphatic rings. The SMILES string of the molecule is Cc1nnc(CN2CC3(CCCC3)OCC2CN(C)C)s1. The first-order valence-electron chi connectivity index (χ1n) is 7.88. The molecule has 2 fully saturated rings. The third-order valence-electron chi connectivity index (χ3n) is 4.59. The van der Waals surface area contributed by atoms with Gasteiger partial charge in [-0.2, -0.15) is 0 Å². The Hall–Kier alpha value is -0.560. The van der Waals surface area contributed by atoms with Crippen LogP contribution in [0.5, 0.6) is 0 Å². The van der Waals surface area contributed by atoms with Crippen molar-refractivity contribution in [2.24, 2.45) is 0 Å². The summed E-state index contributed by atoms with van der Waals surface area (Å²) in [4.78, 5) is 4.83. The van der Waals surface area contributed by atoms with Gasteiger partial charge in [-0.3, -0.25) is 4.90 Å². The molecule has 0 radical (unpaired) electrons. The van der Waals surface area contributed by atoms with Crippen LogP contribution >= 0.6 is 11.3 Å². The van der Waals surface area contributed by atoms with E-state index < -0.39 is 0 Å². The molecule has 0 amide bonds. The monoisotopic (exact) mass is 310 g/mol. The number of likely N-dealkylation sites (N-methyl/N-ethyl adjacent to an activating group) is 1. The molecule has 1 aliphatic carbocycles. The number of nitrogens with zero attached hydrogens (tertiary/aromatic N) is 4. The summed E-state index contributed by atoms with van der Waals surface area (Å²) >= 11 is 1.71. The topological polar surface area (TPSA) is 41.5 Å². The molecule has 0 N–H and O–H groups in total. The highest BCUT2D eigenvalue weighted by molar-refractivity contribution is 7.11. The van der Waals surface area contributed by atoms with Crippen molar-refractivity contribution in [3.8, 4) is 0 Å². The smallest absolute Gasteiger partial charge is 0.131 e. The number of morpholine rings is 1. The molecular weight excluding hydrogens is 284 g/mol. The van der Waals surface area contributed by atoms with Crippen LogP contribution in [-0.2, 0) is 11.3 Å². The minimum atomic E-state index is 0.114. The molecule has 1 unspecified atom stereocenters. The largest absolute Gasteiger partial charge is 0.372 e. The Morgan fingerprint density at radius 2 is 2.10 bits per heavy atom. The number of hydrogen-bond donors (Lipinski definition) is 0. The standard InChI is InChI=1S/C15H26N4OS/c1-12-16-17-14(21-12)9-19-11-15(6-4-5-7-15)20-10-13(19)8-18(2)3/h13H,4-11H2,1-3H3. The molecule has 2 heterocycles. The van der Waals surface area contributed by atoms with Gasteiger partial charge in [0.15, 0.2) is 0 Å². The van der Waals surface area contributed by atoms with Crippen LogP contribution in [0, 0.1) is 6.92 Å². The molecule has 5 nitrogen and oxygen atoms in total. The molecule has 1 aliphatic heterocycles. The van der Waals surface area contributed by atoms with E-state index in [1.807, 2.05) is 6.92 Å². The summed E-state index contributed by atoms with van der Waals surface area (Å²) in [5, 5.41) is 10.7. The van der Waals surface area contributed by atoms with E-state index in [4.69, 9.17) is 4.74 Å². The highest BCUT2D eigenvalue weighted by atomic mass is 32.1. The molecule has 0 bridgehead atoms. The summed E-state index contributed by atoms with van der Waals surface area (Å²) in [7, 11) is 4.26. The van der Waals surface area contributed by atoms with E-state index >= 15 is 0 Å². The third-order valence-corrected chi connectivity index (χ3v) is 5.41. The van der Waals surface area contributed by atoms with Crippen molar-refractivity contribution in [3.63, 3.8) is 0 Å². The Kier molecular flexibility index (Phi) is 4.59. The summed E-state index contributed by atoms with van der Waals surface area (Å²) in [5.74, 6) is 0. The summed E-state index contributed by atoms with van der Waals surface area (Å²) in [6.07, 6.45) is 5.05. The highest BCUT2D eigenvalue weighted by Crippen LogP contribution is 2.37. The average molecular weight is 310 g/mol. The first-order valence-corrected chi connectivity index (χ1v) is 8.70. The fraction of sp³-hybridized carbons (Fsp3) is 0.867. The Labute approximate surface area is 131 Å². The summed E-state index contributed by atoms with van der Waals surface area (Å²) in [6, 6.07) is 0.454. The molecule has 1 saturated heterocycles. The zero-order chi connectivity index (χ0) is 14.9. The number of aromatic nitrogens is 2. The van der Waals surface area contributed by atoms with Crippen molar-refractivity contribution in [1.82, 2.24) is 20.0 Å². The second-order valence-corrected chi connectivity index (χ2v) is 8.00. The quantitative estimate of drug-likeness (QED) is 0.850. The Morgan fingerprint density at radius 3 is 2.71 bits per heavy atom. The number of rotatable bonds is 4. The normalized spacial score (nSPS) is 26.0. The highest BCUT2D eigenvalue weighted by Gasteiger charge is 2.42. The molecular formula is C15H26N4OS. The number of aryl methyl sites for hydroxylation is 1. The van der Waals surface area contributed by atoms with Gasteiger partial charge in [0.25, 0.3) is 0 Å². The Bertz CT molecular complexity index is 470. The van der Waals surface area contributed by atoms with E-state index in [9.17, 15) is 0 Å². The number of ether oxygens (including phenoxy) is 1. The van der Waals surface area contributed by atoms with Crippen molar-refractivity contribution >= 4 is 11.3 Å². The zero-order valence-corrected chi connectivity index (χ0v) is 14.2. The predicted octanol–water partition coefficient (Wildman–Crippen LogP) is 1.92. The van der Waals surface area contributed by atoms with Gasteiger partial charge < -0.3 is 9.64 Å². The van der Waals surface area contributed by atoms with Gasteiger partial charge in [0.2, 0.25) is 0 Å². The van der Waals surface area contributed by atoms with Gasteiger partial charge in [-0.15, -0.1) is 21.5 Å². The maximum atomic E-state index is 6.31. The number of hydrogen-bond acceptors (Lipinski definition) is 6. The van der Waals surface area contributed by atoms with E-state index in [-0.39, 0.29) is 5.60 Å². The molecule has 1 saturated carbocycles. The van der Waals surface area contributed by atoms with Crippen LogP contribution in [0.15, 0.2) is 0 Å². The lowest BCUT2D eigenvalue weighted by atomic mass is 9.97. The van der Waals surface area contributed by atoms with Crippen LogP contribution < -0.4 is 0 Å². The molecule has 21 heavy (non-hydrogen) atoms. The van der Waals surface area contributed by atoms with Crippen LogP contribution in [0.3, 0.4) is 0 Å². The van der Waals surface area contributed by atoms with E-state index in [0.717, 1.165) is 36.3 Å². The van der Waals surface area contributed by atoms with Crippen LogP contribution in [0.4, 0.5) is 0 Å². The second kappa shape index (κ2) is 6.28. The first-order chi connectivity index (χ1) is 10.1. The minimum absolute atomic E-state index is 0.114. The van der Waals surface area contributed by atoms with Gasteiger partial charge in [-0.05, 0) is 33.9 Å². The molecule has 1 atom stereocenters. The van der Waals surface area contributed by atoms with Crippen molar-refractivity contribution in [2.75, 3.05) is 33.8 Å². The van der Waals surface area contributed by atoms with E-state index in [2.05, 4.69) is 34.1 Å². The van der Waals surface area contributed by atoms with Gasteiger partial charge >= 0.3 is 0 Å². The van der Waals surface area contributed by atoms with Crippen LogP contribution in [0.2, 0.25) is 0 Å². The van der Waals surface area contributed by atoms with Gasteiger partial charge in [-0.1, -0.05) is 12.8 Å². The Balaban J connectivity index is 1.72. The predicted molar refractivity (Wildman–Crippen MR) is 84.5 cm³/mol. The summed E-state index contributed by atoms with van der Waals surface area (Å²) in [6.45, 7) is 5.86. The molecule has 1 aromatic rings. The van der Waals surface area contributed by atoms with Gasteiger partial charge in [-0.25, -0.2) is 0 Å². The van der Waals surface area contributed by atoms with Crippen molar-refractivity contribution in [2.45, 2.75) is 50.8 Å². The van der Waals surface area contributed by atoms with Gasteiger partial charge in [0.1, 0.15) is 10.0 Å². The summed E-state index contributed by atoms with van der Waals surface area (Å²) < 4.78 is 6.31. The second-order valence-electron chi connectivity index (χ2n) is 6.74. The molecule has 3 rings (SSSR count). The van der Waals surface area contributed by atoms with Crippen molar-refractivity contribution < 1.29 is 4.74 Å². The van der Waals surface area contributed by atoms with Crippen molar-refractivity contribution in [3.05, 3.63) is 10.0 Å². The van der Waals surface area contributed by atoms with Crippen LogP contribution in [-0.4, -0.2) is 65.4 Å². The van der Waals surface area contributed by atoms with E-state index in [0.29, 0.717) is 6.04 Å². The summed E-state index contributed by atoms with van der Waals surface area (Å²) in [5.41, 5.74) is 0.114. The maximum Gasteiger partial charge on any atom is 0.131 e. The van der Waals surface area contributed by atoms with E-state index in [1.54, 1.807) is 11.3 Å². The Morgan fingerprint density at radius 1 is 1.33 bits per heavy atom. The molecule has 0 aromatic carbocycles. The lowest BCUT2D eigenvalue weighted by molar-refractivity contribution is -0.136. The minimum Gasteiger partial charge on any atom is -0.372 e. The third kappa shape index (κ3) is 3.62.